The Bertz CT molecular complexity index is 833. The molecule has 0 aliphatic carbocycles. The summed E-state index contributed by atoms with van der Waals surface area (Å²) >= 11 is 0. The molecule has 3 rings (SSSR count). The van der Waals surface area contributed by atoms with E-state index in [2.05, 4.69) is 10.1 Å². The van der Waals surface area contributed by atoms with Crippen LogP contribution >= 0.6 is 0 Å². The van der Waals surface area contributed by atoms with E-state index in [-0.39, 0.29) is 12.5 Å². The molecule has 26 heavy (non-hydrogen) atoms. The molecule has 0 bridgehead atoms. The fourth-order valence-electron chi connectivity index (χ4n) is 3.18. The fourth-order valence-corrected chi connectivity index (χ4v) is 3.18. The monoisotopic (exact) mass is 352 g/mol. The first-order valence-corrected chi connectivity index (χ1v) is 8.38. The van der Waals surface area contributed by atoms with Gasteiger partial charge < -0.3 is 10.1 Å². The Labute approximate surface area is 151 Å². The fraction of sp³-hybridized carbons (Fsp3) is 0.250. The van der Waals surface area contributed by atoms with Gasteiger partial charge in [-0.3, -0.25) is 9.69 Å². The van der Waals surface area contributed by atoms with Gasteiger partial charge in [-0.25, -0.2) is 9.59 Å². The number of ether oxygens (including phenoxy) is 1. The van der Waals surface area contributed by atoms with Crippen molar-refractivity contribution in [2.75, 3.05) is 7.11 Å². The van der Waals surface area contributed by atoms with Crippen molar-refractivity contribution in [1.82, 2.24) is 10.2 Å². The highest BCUT2D eigenvalue weighted by Crippen LogP contribution is 2.33. The van der Waals surface area contributed by atoms with Gasteiger partial charge in [0.1, 0.15) is 5.54 Å². The first-order valence-electron chi connectivity index (χ1n) is 8.38. The number of imide groups is 1. The van der Waals surface area contributed by atoms with Gasteiger partial charge in [0.05, 0.1) is 19.2 Å². The minimum Gasteiger partial charge on any atom is -0.465 e. The largest absolute Gasteiger partial charge is 0.465 e. The molecule has 3 amide bonds. The summed E-state index contributed by atoms with van der Waals surface area (Å²) in [5.41, 5.74) is 0.899. The van der Waals surface area contributed by atoms with Gasteiger partial charge in [-0.05, 0) is 29.7 Å². The Hall–Kier alpha value is -3.15. The lowest BCUT2D eigenvalue weighted by Gasteiger charge is -2.25. The number of hydrogen-bond donors (Lipinski definition) is 1. The van der Waals surface area contributed by atoms with Crippen molar-refractivity contribution in [3.8, 4) is 0 Å². The van der Waals surface area contributed by atoms with Crippen LogP contribution in [0.25, 0.3) is 0 Å². The molecule has 1 N–H and O–H groups in total. The standard InChI is InChI=1S/C20H20N2O4/c1-3-20(16-7-5-4-6-8-16)18(24)22(19(25)21-20)13-14-9-11-15(12-10-14)17(23)26-2/h4-12H,3,13H2,1-2H3,(H,21,25)/t20-/m1/s1. The highest BCUT2D eigenvalue weighted by Gasteiger charge is 2.50. The van der Waals surface area contributed by atoms with E-state index in [0.717, 1.165) is 11.1 Å². The third-order valence-electron chi connectivity index (χ3n) is 4.69. The molecule has 0 radical (unpaired) electrons. The number of esters is 1. The molecular formula is C20H20N2O4. The van der Waals surface area contributed by atoms with Crippen molar-refractivity contribution in [1.29, 1.82) is 0 Å². The molecular weight excluding hydrogens is 332 g/mol. The maximum absolute atomic E-state index is 13.1. The zero-order valence-electron chi connectivity index (χ0n) is 14.7. The summed E-state index contributed by atoms with van der Waals surface area (Å²) in [7, 11) is 1.32. The second-order valence-electron chi connectivity index (χ2n) is 6.13. The molecule has 2 aromatic rings. The summed E-state index contributed by atoms with van der Waals surface area (Å²) in [4.78, 5) is 38.3. The van der Waals surface area contributed by atoms with E-state index in [1.807, 2.05) is 37.3 Å². The number of amides is 3. The normalized spacial score (nSPS) is 19.4. The first kappa shape index (κ1) is 17.7. The van der Waals surface area contributed by atoms with Crippen LogP contribution in [-0.2, 0) is 21.6 Å². The Morgan fingerprint density at radius 1 is 1.08 bits per heavy atom. The van der Waals surface area contributed by atoms with Gasteiger partial charge in [-0.1, -0.05) is 49.4 Å². The molecule has 6 heteroatoms. The Morgan fingerprint density at radius 2 is 1.73 bits per heavy atom. The summed E-state index contributed by atoms with van der Waals surface area (Å²) in [5.74, 6) is -0.700. The van der Waals surface area contributed by atoms with Gasteiger partial charge in [0.25, 0.3) is 5.91 Å². The average Bonchev–Trinajstić information content (AvgIpc) is 2.93. The molecule has 2 aromatic carbocycles. The number of nitrogens with zero attached hydrogens (tertiary/aromatic N) is 1. The molecule has 1 atom stereocenters. The third-order valence-corrected chi connectivity index (χ3v) is 4.69. The maximum atomic E-state index is 13.1. The number of benzene rings is 2. The lowest BCUT2D eigenvalue weighted by molar-refractivity contribution is -0.132. The number of rotatable bonds is 5. The Balaban J connectivity index is 1.84. The molecule has 0 saturated carbocycles. The van der Waals surface area contributed by atoms with Crippen LogP contribution in [0.2, 0.25) is 0 Å². The zero-order chi connectivity index (χ0) is 18.7. The number of carbonyl (C=O) groups excluding carboxylic acids is 3. The van der Waals surface area contributed by atoms with E-state index < -0.39 is 17.5 Å². The second-order valence-corrected chi connectivity index (χ2v) is 6.13. The van der Waals surface area contributed by atoms with E-state index in [1.54, 1.807) is 24.3 Å². The Kier molecular flexibility index (Phi) is 4.75. The summed E-state index contributed by atoms with van der Waals surface area (Å²) < 4.78 is 4.67. The number of urea groups is 1. The maximum Gasteiger partial charge on any atom is 0.337 e. The van der Waals surface area contributed by atoms with Crippen LogP contribution < -0.4 is 5.32 Å². The van der Waals surface area contributed by atoms with Gasteiger partial charge in [0.2, 0.25) is 0 Å². The topological polar surface area (TPSA) is 75.7 Å². The molecule has 134 valence electrons. The second kappa shape index (κ2) is 7.00. The van der Waals surface area contributed by atoms with E-state index >= 15 is 0 Å². The quantitative estimate of drug-likeness (QED) is 0.663. The number of methoxy groups -OCH3 is 1. The van der Waals surface area contributed by atoms with Crippen molar-refractivity contribution in [2.45, 2.75) is 25.4 Å². The summed E-state index contributed by atoms with van der Waals surface area (Å²) in [6, 6.07) is 15.5. The van der Waals surface area contributed by atoms with E-state index in [0.29, 0.717) is 12.0 Å². The van der Waals surface area contributed by atoms with Crippen LogP contribution in [-0.4, -0.2) is 29.9 Å². The van der Waals surface area contributed by atoms with Crippen LogP contribution in [0.3, 0.4) is 0 Å². The smallest absolute Gasteiger partial charge is 0.337 e. The van der Waals surface area contributed by atoms with Crippen LogP contribution in [0.1, 0.15) is 34.8 Å². The van der Waals surface area contributed by atoms with Gasteiger partial charge >= 0.3 is 12.0 Å². The highest BCUT2D eigenvalue weighted by molar-refractivity contribution is 6.07. The van der Waals surface area contributed by atoms with Gasteiger partial charge in [0.15, 0.2) is 0 Å². The lowest BCUT2D eigenvalue weighted by Crippen LogP contribution is -2.43. The molecule has 0 unspecified atom stereocenters. The van der Waals surface area contributed by atoms with Crippen LogP contribution in [0.15, 0.2) is 54.6 Å². The van der Waals surface area contributed by atoms with Crippen molar-refractivity contribution < 1.29 is 19.1 Å². The molecule has 1 heterocycles. The molecule has 1 aliphatic heterocycles. The van der Waals surface area contributed by atoms with Crippen LogP contribution in [0.5, 0.6) is 0 Å². The van der Waals surface area contributed by atoms with Gasteiger partial charge in [-0.15, -0.1) is 0 Å². The summed E-state index contributed by atoms with van der Waals surface area (Å²) in [6.07, 6.45) is 0.458. The number of nitrogens with one attached hydrogen (secondary N) is 1. The third kappa shape index (κ3) is 2.94. The van der Waals surface area contributed by atoms with Crippen molar-refractivity contribution in [2.24, 2.45) is 0 Å². The predicted molar refractivity (Wildman–Crippen MR) is 95.3 cm³/mol. The SMILES string of the molecule is CC[C@]1(c2ccccc2)NC(=O)N(Cc2ccc(C(=O)OC)cc2)C1=O. The van der Waals surface area contributed by atoms with Crippen molar-refractivity contribution >= 4 is 17.9 Å². The Morgan fingerprint density at radius 3 is 2.31 bits per heavy atom. The summed E-state index contributed by atoms with van der Waals surface area (Å²) in [5, 5.41) is 2.86. The molecule has 6 nitrogen and oxygen atoms in total. The van der Waals surface area contributed by atoms with Crippen LogP contribution in [0.4, 0.5) is 4.79 Å². The predicted octanol–water partition coefficient (Wildman–Crippen LogP) is 2.83. The van der Waals surface area contributed by atoms with Gasteiger partial charge in [-0.2, -0.15) is 0 Å². The summed E-state index contributed by atoms with van der Waals surface area (Å²) in [6.45, 7) is 2.01. The molecule has 1 fully saturated rings. The molecule has 1 saturated heterocycles. The van der Waals surface area contributed by atoms with E-state index in [4.69, 9.17) is 0 Å². The lowest BCUT2D eigenvalue weighted by atomic mass is 9.87. The minimum atomic E-state index is -1.04. The van der Waals surface area contributed by atoms with E-state index in [1.165, 1.54) is 12.0 Å². The number of hydrogen-bond acceptors (Lipinski definition) is 4. The highest BCUT2D eigenvalue weighted by atomic mass is 16.5. The van der Waals surface area contributed by atoms with Crippen molar-refractivity contribution in [3.63, 3.8) is 0 Å². The molecule has 0 aromatic heterocycles. The molecule has 0 spiro atoms. The van der Waals surface area contributed by atoms with Crippen LogP contribution in [0, 0.1) is 0 Å². The average molecular weight is 352 g/mol. The first-order chi connectivity index (χ1) is 12.5. The zero-order valence-corrected chi connectivity index (χ0v) is 14.7. The minimum absolute atomic E-state index is 0.140. The molecule has 1 aliphatic rings. The van der Waals surface area contributed by atoms with E-state index in [9.17, 15) is 14.4 Å². The van der Waals surface area contributed by atoms with Crippen molar-refractivity contribution in [3.05, 3.63) is 71.3 Å². The number of carbonyl (C=O) groups is 3. The van der Waals surface area contributed by atoms with Gasteiger partial charge in [0, 0.05) is 0 Å².